The van der Waals surface area contributed by atoms with Gasteiger partial charge in [-0.05, 0) is 37.4 Å². The number of carbonyl (C=O) groups excluding carboxylic acids is 3. The maximum absolute atomic E-state index is 14.0. The van der Waals surface area contributed by atoms with Crippen LogP contribution in [-0.4, -0.2) is 79.3 Å². The van der Waals surface area contributed by atoms with Gasteiger partial charge in [-0.15, -0.1) is 0 Å². The van der Waals surface area contributed by atoms with E-state index in [0.717, 1.165) is 18.7 Å². The Hall–Kier alpha value is -4.21. The van der Waals surface area contributed by atoms with E-state index in [1.165, 1.54) is 4.90 Å². The summed E-state index contributed by atoms with van der Waals surface area (Å²) in [5.41, 5.74) is 3.11. The number of benzene rings is 3. The molecule has 4 amide bonds. The van der Waals surface area contributed by atoms with Crippen LogP contribution in [0.3, 0.4) is 0 Å². The maximum atomic E-state index is 14.0. The number of hydrogen-bond acceptors (Lipinski definition) is 5. The van der Waals surface area contributed by atoms with E-state index in [1.54, 1.807) is 35.2 Å². The van der Waals surface area contributed by atoms with Crippen LogP contribution in [0, 0.1) is 0 Å². The Balaban J connectivity index is 1.48. The van der Waals surface area contributed by atoms with Gasteiger partial charge in [0.1, 0.15) is 6.54 Å². The minimum absolute atomic E-state index is 0.154. The van der Waals surface area contributed by atoms with E-state index in [4.69, 9.17) is 16.6 Å². The summed E-state index contributed by atoms with van der Waals surface area (Å²) in [6.45, 7) is 2.57. The van der Waals surface area contributed by atoms with Gasteiger partial charge in [0.2, 0.25) is 12.1 Å². The van der Waals surface area contributed by atoms with Crippen molar-refractivity contribution in [2.75, 3.05) is 50.0 Å². The highest BCUT2D eigenvalue weighted by Crippen LogP contribution is 2.28. The van der Waals surface area contributed by atoms with Gasteiger partial charge in [-0.2, -0.15) is 0 Å². The number of aliphatic imine (C=N–C) groups is 1. The van der Waals surface area contributed by atoms with E-state index in [2.05, 4.69) is 15.5 Å². The smallest absolute Gasteiger partial charge is 0.321 e. The number of carbonyl (C=O) groups is 3. The van der Waals surface area contributed by atoms with Gasteiger partial charge in [-0.3, -0.25) is 14.5 Å². The monoisotopic (exact) mass is 544 g/mol. The van der Waals surface area contributed by atoms with Crippen molar-refractivity contribution in [1.29, 1.82) is 0 Å². The number of fused-ring (bicyclic) bond motifs is 1. The molecule has 5 rings (SSSR count). The zero-order valence-electron chi connectivity index (χ0n) is 21.5. The molecule has 0 aromatic heterocycles. The van der Waals surface area contributed by atoms with Crippen LogP contribution >= 0.6 is 11.6 Å². The number of hydrogen-bond donors (Lipinski definition) is 2. The minimum Gasteiger partial charge on any atom is -0.339 e. The number of benzodiazepines with no additional fused rings is 1. The van der Waals surface area contributed by atoms with Crippen LogP contribution in [0.25, 0.3) is 0 Å². The topological polar surface area (TPSA) is 97.4 Å². The standard InChI is InChI=1S/C29H29ClN6O3/c1-34-15-17-35(18-16-34)25(37)19-36-24-10-6-5-9-23(24)26(20-7-3-2-4-8-20)32-27(28(36)38)33-29(39)31-22-13-11-21(30)12-14-22/h2-14,27H,15-19H2,1H3,(H2,31,33,39). The lowest BCUT2D eigenvalue weighted by molar-refractivity contribution is -0.133. The number of para-hydroxylation sites is 1. The molecule has 3 aromatic carbocycles. The molecule has 2 heterocycles. The third-order valence-corrected chi connectivity index (χ3v) is 7.03. The molecule has 0 radical (unpaired) electrons. The molecular formula is C29H29ClN6O3. The fraction of sp³-hybridized carbons (Fsp3) is 0.241. The fourth-order valence-electron chi connectivity index (χ4n) is 4.63. The molecular weight excluding hydrogens is 516 g/mol. The number of rotatable bonds is 5. The van der Waals surface area contributed by atoms with Crippen LogP contribution < -0.4 is 15.5 Å². The summed E-state index contributed by atoms with van der Waals surface area (Å²) >= 11 is 5.95. The molecule has 1 atom stereocenters. The number of halogens is 1. The van der Waals surface area contributed by atoms with Gasteiger partial charge in [0.25, 0.3) is 5.91 Å². The van der Waals surface area contributed by atoms with Crippen LogP contribution in [0.15, 0.2) is 83.9 Å². The first-order chi connectivity index (χ1) is 18.9. The second-order valence-corrected chi connectivity index (χ2v) is 9.91. The summed E-state index contributed by atoms with van der Waals surface area (Å²) in [6.07, 6.45) is -1.26. The van der Waals surface area contributed by atoms with Gasteiger partial charge in [0.15, 0.2) is 0 Å². The first kappa shape index (κ1) is 26.4. The van der Waals surface area contributed by atoms with Gasteiger partial charge in [0, 0.05) is 48.0 Å². The zero-order chi connectivity index (χ0) is 27.4. The van der Waals surface area contributed by atoms with Crippen LogP contribution in [0.4, 0.5) is 16.2 Å². The molecule has 2 aliphatic heterocycles. The van der Waals surface area contributed by atoms with Gasteiger partial charge >= 0.3 is 6.03 Å². The summed E-state index contributed by atoms with van der Waals surface area (Å²) in [5.74, 6) is -0.652. The summed E-state index contributed by atoms with van der Waals surface area (Å²) in [5, 5.41) is 5.96. The molecule has 200 valence electrons. The van der Waals surface area contributed by atoms with Gasteiger partial charge < -0.3 is 20.4 Å². The quantitative estimate of drug-likeness (QED) is 0.514. The minimum atomic E-state index is -1.26. The predicted molar refractivity (Wildman–Crippen MR) is 152 cm³/mol. The predicted octanol–water partition coefficient (Wildman–Crippen LogP) is 3.45. The average Bonchev–Trinajstić information content (AvgIpc) is 3.06. The molecule has 0 saturated carbocycles. The molecule has 2 aliphatic rings. The lowest BCUT2D eigenvalue weighted by atomic mass is 10.0. The van der Waals surface area contributed by atoms with Crippen LogP contribution in [0.2, 0.25) is 5.02 Å². The van der Waals surface area contributed by atoms with Crippen molar-refractivity contribution < 1.29 is 14.4 Å². The molecule has 1 fully saturated rings. The van der Waals surface area contributed by atoms with Crippen molar-refractivity contribution in [3.05, 3.63) is 95.0 Å². The van der Waals surface area contributed by atoms with Crippen LogP contribution in [0.1, 0.15) is 11.1 Å². The molecule has 3 aromatic rings. The molecule has 0 aliphatic carbocycles. The lowest BCUT2D eigenvalue weighted by Gasteiger charge is -2.34. The Labute approximate surface area is 232 Å². The Morgan fingerprint density at radius 2 is 1.59 bits per heavy atom. The van der Waals surface area contributed by atoms with E-state index in [1.807, 2.05) is 55.6 Å². The second kappa shape index (κ2) is 11.7. The molecule has 39 heavy (non-hydrogen) atoms. The zero-order valence-corrected chi connectivity index (χ0v) is 22.3. The molecule has 0 spiro atoms. The highest BCUT2D eigenvalue weighted by molar-refractivity contribution is 6.30. The van der Waals surface area contributed by atoms with Crippen molar-refractivity contribution in [3.8, 4) is 0 Å². The van der Waals surface area contributed by atoms with Crippen LogP contribution in [-0.2, 0) is 9.59 Å². The van der Waals surface area contributed by atoms with E-state index in [-0.39, 0.29) is 12.5 Å². The van der Waals surface area contributed by atoms with Crippen LogP contribution in [0.5, 0.6) is 0 Å². The van der Waals surface area contributed by atoms with Gasteiger partial charge in [0.05, 0.1) is 11.4 Å². The largest absolute Gasteiger partial charge is 0.339 e. The molecule has 9 nitrogen and oxygen atoms in total. The van der Waals surface area contributed by atoms with E-state index in [9.17, 15) is 14.4 Å². The maximum Gasteiger partial charge on any atom is 0.321 e. The number of amides is 4. The molecule has 0 bridgehead atoms. The first-order valence-corrected chi connectivity index (χ1v) is 13.1. The highest BCUT2D eigenvalue weighted by Gasteiger charge is 2.35. The van der Waals surface area contributed by atoms with E-state index >= 15 is 0 Å². The Morgan fingerprint density at radius 3 is 2.31 bits per heavy atom. The number of likely N-dealkylation sites (N-methyl/N-ethyl adjacent to an activating group) is 1. The number of urea groups is 1. The first-order valence-electron chi connectivity index (χ1n) is 12.7. The SMILES string of the molecule is CN1CCN(C(=O)CN2C(=O)C(NC(=O)Nc3ccc(Cl)cc3)N=C(c3ccccc3)c3ccccc32)CC1. The third-order valence-electron chi connectivity index (χ3n) is 6.77. The molecule has 1 saturated heterocycles. The molecule has 1 unspecified atom stereocenters. The number of nitrogens with zero attached hydrogens (tertiary/aromatic N) is 4. The summed E-state index contributed by atoms with van der Waals surface area (Å²) in [6, 6.07) is 22.9. The number of nitrogens with one attached hydrogen (secondary N) is 2. The molecule has 10 heteroatoms. The van der Waals surface area contributed by atoms with Crippen molar-refractivity contribution >= 4 is 46.5 Å². The summed E-state index contributed by atoms with van der Waals surface area (Å²) < 4.78 is 0. The number of piperazine rings is 1. The van der Waals surface area contributed by atoms with Crippen molar-refractivity contribution in [2.45, 2.75) is 6.17 Å². The highest BCUT2D eigenvalue weighted by atomic mass is 35.5. The Morgan fingerprint density at radius 1 is 0.923 bits per heavy atom. The van der Waals surface area contributed by atoms with Gasteiger partial charge in [-0.1, -0.05) is 60.1 Å². The third kappa shape index (κ3) is 6.10. The second-order valence-electron chi connectivity index (χ2n) is 9.48. The molecule has 2 N–H and O–H groups in total. The Bertz CT molecular complexity index is 1390. The number of anilines is 2. The van der Waals surface area contributed by atoms with Gasteiger partial charge in [-0.25, -0.2) is 9.79 Å². The van der Waals surface area contributed by atoms with Crippen molar-refractivity contribution in [3.63, 3.8) is 0 Å². The normalized spacial score (nSPS) is 17.6. The Kier molecular flexibility index (Phi) is 7.90. The van der Waals surface area contributed by atoms with Crippen molar-refractivity contribution in [1.82, 2.24) is 15.1 Å². The summed E-state index contributed by atoms with van der Waals surface area (Å²) in [4.78, 5) is 50.4. The van der Waals surface area contributed by atoms with E-state index in [0.29, 0.717) is 40.8 Å². The van der Waals surface area contributed by atoms with Crippen molar-refractivity contribution in [2.24, 2.45) is 4.99 Å². The van der Waals surface area contributed by atoms with E-state index < -0.39 is 18.1 Å². The fourth-order valence-corrected chi connectivity index (χ4v) is 4.75. The lowest BCUT2D eigenvalue weighted by Crippen LogP contribution is -2.54. The average molecular weight is 545 g/mol. The summed E-state index contributed by atoms with van der Waals surface area (Å²) in [7, 11) is 2.02.